The summed E-state index contributed by atoms with van der Waals surface area (Å²) in [5.41, 5.74) is 0. The lowest BCUT2D eigenvalue weighted by Gasteiger charge is -2.38. The molecule has 0 aromatic carbocycles. The number of hydrogen-bond donors (Lipinski definition) is 1. The van der Waals surface area contributed by atoms with Crippen molar-refractivity contribution in [3.8, 4) is 0 Å². The number of carboxylic acid groups (broad SMARTS) is 1. The zero-order valence-corrected chi connectivity index (χ0v) is 11.7. The van der Waals surface area contributed by atoms with Crippen LogP contribution < -0.4 is 0 Å². The van der Waals surface area contributed by atoms with Crippen molar-refractivity contribution >= 4 is 11.9 Å². The predicted molar refractivity (Wildman–Crippen MR) is 69.7 cm³/mol. The summed E-state index contributed by atoms with van der Waals surface area (Å²) in [5, 5.41) is 9.35. The van der Waals surface area contributed by atoms with Crippen LogP contribution in [0.15, 0.2) is 0 Å². The highest BCUT2D eigenvalue weighted by molar-refractivity contribution is 5.85. The monoisotopic (exact) mass is 269 g/mol. The van der Waals surface area contributed by atoms with E-state index >= 15 is 0 Å². The van der Waals surface area contributed by atoms with Crippen molar-refractivity contribution in [2.24, 2.45) is 11.8 Å². The maximum atomic E-state index is 12.5. The highest BCUT2D eigenvalue weighted by Gasteiger charge is 2.41. The Labute approximate surface area is 113 Å². The molecule has 1 N–H and O–H groups in total. The number of likely N-dealkylation sites (tertiary alicyclic amines) is 1. The maximum Gasteiger partial charge on any atom is 0.326 e. The molecule has 2 rings (SSSR count). The van der Waals surface area contributed by atoms with Gasteiger partial charge in [-0.05, 0) is 32.1 Å². The van der Waals surface area contributed by atoms with Gasteiger partial charge in [-0.1, -0.05) is 13.3 Å². The molecule has 2 heterocycles. The quantitative estimate of drug-likeness (QED) is 0.843. The molecule has 1 amide bonds. The van der Waals surface area contributed by atoms with E-state index in [1.807, 2.05) is 6.92 Å². The van der Waals surface area contributed by atoms with Gasteiger partial charge in [-0.25, -0.2) is 4.79 Å². The van der Waals surface area contributed by atoms with Crippen LogP contribution in [0.5, 0.6) is 0 Å². The van der Waals surface area contributed by atoms with Crippen LogP contribution in [0.25, 0.3) is 0 Å². The molecule has 5 nitrogen and oxygen atoms in total. The third-order valence-corrected chi connectivity index (χ3v) is 4.55. The predicted octanol–water partition coefficient (Wildman–Crippen LogP) is 1.51. The highest BCUT2D eigenvalue weighted by atomic mass is 16.5. The second-order valence-electron chi connectivity index (χ2n) is 5.66. The first-order valence-corrected chi connectivity index (χ1v) is 7.19. The van der Waals surface area contributed by atoms with Crippen LogP contribution in [0.1, 0.15) is 39.5 Å². The third kappa shape index (κ3) is 2.91. The van der Waals surface area contributed by atoms with Crippen molar-refractivity contribution in [3.05, 3.63) is 0 Å². The minimum atomic E-state index is -0.877. The molecular formula is C14H23NO4. The Morgan fingerprint density at radius 3 is 2.63 bits per heavy atom. The number of carboxylic acids is 1. The van der Waals surface area contributed by atoms with E-state index in [2.05, 4.69) is 6.92 Å². The van der Waals surface area contributed by atoms with Crippen molar-refractivity contribution in [3.63, 3.8) is 0 Å². The summed E-state index contributed by atoms with van der Waals surface area (Å²) in [6.07, 6.45) is 3.09. The van der Waals surface area contributed by atoms with Gasteiger partial charge in [-0.3, -0.25) is 4.79 Å². The Balaban J connectivity index is 2.08. The SMILES string of the molecule is CCC1CCN(C(=O)C2CCOC2C)C(C(=O)O)C1. The fourth-order valence-electron chi connectivity index (χ4n) is 3.18. The zero-order chi connectivity index (χ0) is 14.0. The van der Waals surface area contributed by atoms with Crippen molar-refractivity contribution in [1.82, 2.24) is 4.90 Å². The average molecular weight is 269 g/mol. The van der Waals surface area contributed by atoms with Crippen LogP contribution >= 0.6 is 0 Å². The fraction of sp³-hybridized carbons (Fsp3) is 0.857. The second-order valence-corrected chi connectivity index (χ2v) is 5.66. The van der Waals surface area contributed by atoms with Crippen molar-refractivity contribution < 1.29 is 19.4 Å². The van der Waals surface area contributed by atoms with Gasteiger partial charge in [0.15, 0.2) is 0 Å². The number of piperidine rings is 1. The van der Waals surface area contributed by atoms with Crippen LogP contribution in [-0.2, 0) is 14.3 Å². The highest BCUT2D eigenvalue weighted by Crippen LogP contribution is 2.30. The van der Waals surface area contributed by atoms with Crippen LogP contribution in [0.2, 0.25) is 0 Å². The number of amides is 1. The molecule has 2 fully saturated rings. The van der Waals surface area contributed by atoms with Gasteiger partial charge >= 0.3 is 5.97 Å². The minimum absolute atomic E-state index is 0.0352. The second kappa shape index (κ2) is 5.90. The van der Waals surface area contributed by atoms with Crippen LogP contribution in [0.3, 0.4) is 0 Å². The number of hydrogen-bond acceptors (Lipinski definition) is 3. The van der Waals surface area contributed by atoms with Crippen LogP contribution in [0, 0.1) is 11.8 Å². The summed E-state index contributed by atoms with van der Waals surface area (Å²) < 4.78 is 5.42. The Kier molecular flexibility index (Phi) is 4.45. The van der Waals surface area contributed by atoms with Gasteiger partial charge < -0.3 is 14.7 Å². The van der Waals surface area contributed by atoms with E-state index in [-0.39, 0.29) is 17.9 Å². The van der Waals surface area contributed by atoms with Crippen LogP contribution in [0.4, 0.5) is 0 Å². The van der Waals surface area contributed by atoms with Crippen molar-refractivity contribution in [2.45, 2.75) is 51.7 Å². The van der Waals surface area contributed by atoms with Gasteiger partial charge in [0.1, 0.15) is 6.04 Å². The molecule has 5 heteroatoms. The number of carbonyl (C=O) groups is 2. The molecule has 2 saturated heterocycles. The molecule has 0 spiro atoms. The van der Waals surface area contributed by atoms with E-state index in [0.29, 0.717) is 31.9 Å². The molecule has 4 unspecified atom stereocenters. The van der Waals surface area contributed by atoms with Crippen LogP contribution in [-0.4, -0.2) is 47.2 Å². The molecular weight excluding hydrogens is 246 g/mol. The molecule has 0 aromatic rings. The lowest BCUT2D eigenvalue weighted by molar-refractivity contribution is -0.155. The van der Waals surface area contributed by atoms with E-state index in [1.54, 1.807) is 4.90 Å². The van der Waals surface area contributed by atoms with E-state index < -0.39 is 12.0 Å². The molecule has 0 radical (unpaired) electrons. The molecule has 0 saturated carbocycles. The lowest BCUT2D eigenvalue weighted by Crippen LogP contribution is -2.52. The molecule has 0 bridgehead atoms. The molecule has 0 aliphatic carbocycles. The Morgan fingerprint density at radius 1 is 1.37 bits per heavy atom. The topological polar surface area (TPSA) is 66.8 Å². The lowest BCUT2D eigenvalue weighted by atomic mass is 9.87. The maximum absolute atomic E-state index is 12.5. The standard InChI is InChI=1S/C14H23NO4/c1-3-10-4-6-15(12(8-10)14(17)18)13(16)11-5-7-19-9(11)2/h9-12H,3-8H2,1-2H3,(H,17,18). The first kappa shape index (κ1) is 14.3. The molecule has 2 aliphatic rings. The van der Waals surface area contributed by atoms with E-state index in [0.717, 1.165) is 12.8 Å². The number of aliphatic carboxylic acids is 1. The van der Waals surface area contributed by atoms with Crippen molar-refractivity contribution in [2.75, 3.05) is 13.2 Å². The molecule has 19 heavy (non-hydrogen) atoms. The fourth-order valence-corrected chi connectivity index (χ4v) is 3.18. The first-order valence-electron chi connectivity index (χ1n) is 7.19. The normalized spacial score (nSPS) is 35.4. The van der Waals surface area contributed by atoms with Crippen molar-refractivity contribution in [1.29, 1.82) is 0 Å². The molecule has 2 aliphatic heterocycles. The summed E-state index contributed by atoms with van der Waals surface area (Å²) in [5.74, 6) is -0.660. The average Bonchev–Trinajstić information content (AvgIpc) is 2.83. The number of rotatable bonds is 3. The summed E-state index contributed by atoms with van der Waals surface area (Å²) in [4.78, 5) is 25.5. The Morgan fingerprint density at radius 2 is 2.11 bits per heavy atom. The largest absolute Gasteiger partial charge is 0.480 e. The Bertz CT molecular complexity index is 357. The van der Waals surface area contributed by atoms with E-state index in [9.17, 15) is 14.7 Å². The zero-order valence-electron chi connectivity index (χ0n) is 11.7. The van der Waals surface area contributed by atoms with Gasteiger partial charge in [0.25, 0.3) is 0 Å². The van der Waals surface area contributed by atoms with Gasteiger partial charge in [0.2, 0.25) is 5.91 Å². The molecule has 0 aromatic heterocycles. The smallest absolute Gasteiger partial charge is 0.326 e. The van der Waals surface area contributed by atoms with Gasteiger partial charge in [-0.2, -0.15) is 0 Å². The number of ether oxygens (including phenoxy) is 1. The number of carbonyl (C=O) groups excluding carboxylic acids is 1. The summed E-state index contributed by atoms with van der Waals surface area (Å²) >= 11 is 0. The summed E-state index contributed by atoms with van der Waals surface area (Å²) in [6, 6.07) is -0.654. The minimum Gasteiger partial charge on any atom is -0.480 e. The van der Waals surface area contributed by atoms with Gasteiger partial charge in [-0.15, -0.1) is 0 Å². The summed E-state index contributed by atoms with van der Waals surface area (Å²) in [6.45, 7) is 5.14. The molecule has 108 valence electrons. The van der Waals surface area contributed by atoms with E-state index in [4.69, 9.17) is 4.74 Å². The Hall–Kier alpha value is -1.10. The first-order chi connectivity index (χ1) is 9.04. The summed E-state index contributed by atoms with van der Waals surface area (Å²) in [7, 11) is 0. The van der Waals surface area contributed by atoms with Gasteiger partial charge in [0, 0.05) is 13.2 Å². The third-order valence-electron chi connectivity index (χ3n) is 4.55. The van der Waals surface area contributed by atoms with Gasteiger partial charge in [0.05, 0.1) is 12.0 Å². The molecule has 4 atom stereocenters. The van der Waals surface area contributed by atoms with E-state index in [1.165, 1.54) is 0 Å². The number of nitrogens with zero attached hydrogens (tertiary/aromatic N) is 1.